The zero-order chi connectivity index (χ0) is 14.5. The Hall–Kier alpha value is -0.560. The molecule has 0 bridgehead atoms. The Balaban J connectivity index is 0.00000220. The number of rotatable bonds is 4. The fourth-order valence-electron chi connectivity index (χ4n) is 3.08. The Bertz CT molecular complexity index is 363. The van der Waals surface area contributed by atoms with Crippen LogP contribution in [0.25, 0.3) is 0 Å². The van der Waals surface area contributed by atoms with Crippen molar-refractivity contribution in [2.75, 3.05) is 39.3 Å². The minimum Gasteiger partial charge on any atom is -0.355 e. The molecule has 2 amide bonds. The molecule has 1 aliphatic carbocycles. The van der Waals surface area contributed by atoms with E-state index in [0.717, 1.165) is 45.4 Å². The first kappa shape index (κ1) is 21.4. The lowest BCUT2D eigenvalue weighted by atomic mass is 10.1. The summed E-state index contributed by atoms with van der Waals surface area (Å²) in [4.78, 5) is 27.9. The number of piperazine rings is 1. The van der Waals surface area contributed by atoms with Gasteiger partial charge in [0.1, 0.15) is 0 Å². The first-order chi connectivity index (χ1) is 9.60. The molecule has 2 rings (SSSR count). The summed E-state index contributed by atoms with van der Waals surface area (Å²) in [5, 5.41) is 2.80. The van der Waals surface area contributed by atoms with Crippen LogP contribution in [0.2, 0.25) is 0 Å². The minimum atomic E-state index is 0. The molecule has 1 saturated carbocycles. The molecule has 0 radical (unpaired) electrons. The molecule has 1 aliphatic heterocycles. The van der Waals surface area contributed by atoms with Gasteiger partial charge in [-0.05, 0) is 26.2 Å². The maximum Gasteiger partial charge on any atom is 0.234 e. The third-order valence-electron chi connectivity index (χ3n) is 4.25. The van der Waals surface area contributed by atoms with Gasteiger partial charge in [0, 0.05) is 44.7 Å². The van der Waals surface area contributed by atoms with E-state index >= 15 is 0 Å². The van der Waals surface area contributed by atoms with Crippen LogP contribution >= 0.6 is 24.8 Å². The number of likely N-dealkylation sites (N-methyl/N-ethyl adjacent to an activating group) is 1. The first-order valence-electron chi connectivity index (χ1n) is 7.63. The number of nitrogens with zero attached hydrogens (tertiary/aromatic N) is 2. The summed E-state index contributed by atoms with van der Waals surface area (Å²) in [6.07, 6.45) is 2.73. The van der Waals surface area contributed by atoms with Gasteiger partial charge in [0.05, 0.1) is 6.54 Å². The van der Waals surface area contributed by atoms with Crippen LogP contribution in [0.15, 0.2) is 0 Å². The minimum absolute atomic E-state index is 0. The number of hydrogen-bond donors (Lipinski definition) is 2. The monoisotopic (exact) mass is 354 g/mol. The fraction of sp³-hybridized carbons (Fsp3) is 0.857. The SMILES string of the molecule is CCNC(=O)CN1CCN(C(=O)C2CCC(N)C2)CC1.Cl.Cl. The van der Waals surface area contributed by atoms with Crippen molar-refractivity contribution in [1.82, 2.24) is 15.1 Å². The van der Waals surface area contributed by atoms with Gasteiger partial charge in [-0.3, -0.25) is 14.5 Å². The van der Waals surface area contributed by atoms with Crippen molar-refractivity contribution >= 4 is 36.6 Å². The summed E-state index contributed by atoms with van der Waals surface area (Å²) in [6, 6.07) is 0.197. The Morgan fingerprint density at radius 2 is 1.77 bits per heavy atom. The first-order valence-corrected chi connectivity index (χ1v) is 7.63. The molecule has 0 aromatic carbocycles. The highest BCUT2D eigenvalue weighted by molar-refractivity contribution is 5.85. The molecule has 130 valence electrons. The lowest BCUT2D eigenvalue weighted by molar-refractivity contribution is -0.137. The van der Waals surface area contributed by atoms with E-state index < -0.39 is 0 Å². The third-order valence-corrected chi connectivity index (χ3v) is 4.25. The second kappa shape index (κ2) is 10.3. The smallest absolute Gasteiger partial charge is 0.234 e. The van der Waals surface area contributed by atoms with E-state index in [9.17, 15) is 9.59 Å². The average Bonchev–Trinajstić information content (AvgIpc) is 2.86. The van der Waals surface area contributed by atoms with Gasteiger partial charge in [-0.15, -0.1) is 24.8 Å². The van der Waals surface area contributed by atoms with E-state index in [0.29, 0.717) is 13.1 Å². The molecule has 2 fully saturated rings. The number of halogens is 2. The van der Waals surface area contributed by atoms with Crippen molar-refractivity contribution < 1.29 is 9.59 Å². The normalized spacial score (nSPS) is 25.1. The number of carbonyl (C=O) groups excluding carboxylic acids is 2. The highest BCUT2D eigenvalue weighted by Gasteiger charge is 2.32. The zero-order valence-corrected chi connectivity index (χ0v) is 14.8. The van der Waals surface area contributed by atoms with Gasteiger partial charge >= 0.3 is 0 Å². The van der Waals surface area contributed by atoms with Crippen LogP contribution in [-0.4, -0.2) is 66.9 Å². The van der Waals surface area contributed by atoms with Gasteiger partial charge in [-0.2, -0.15) is 0 Å². The summed E-state index contributed by atoms with van der Waals surface area (Å²) in [6.45, 7) is 6.03. The average molecular weight is 355 g/mol. The molecule has 0 spiro atoms. The second-order valence-corrected chi connectivity index (χ2v) is 5.82. The number of carbonyl (C=O) groups is 2. The van der Waals surface area contributed by atoms with Crippen LogP contribution in [0.1, 0.15) is 26.2 Å². The maximum atomic E-state index is 12.3. The molecule has 3 N–H and O–H groups in total. The van der Waals surface area contributed by atoms with Gasteiger partial charge in [-0.1, -0.05) is 0 Å². The van der Waals surface area contributed by atoms with Crippen LogP contribution in [-0.2, 0) is 9.59 Å². The van der Waals surface area contributed by atoms with E-state index in [1.165, 1.54) is 0 Å². The number of hydrogen-bond acceptors (Lipinski definition) is 4. The standard InChI is InChI=1S/C14H26N4O2.2ClH/c1-2-16-13(19)10-17-5-7-18(8-6-17)14(20)11-3-4-12(15)9-11;;/h11-12H,2-10,15H2,1H3,(H,16,19);2*1H. The maximum absolute atomic E-state index is 12.3. The molecule has 1 saturated heterocycles. The number of nitrogens with two attached hydrogens (primary N) is 1. The summed E-state index contributed by atoms with van der Waals surface area (Å²) >= 11 is 0. The lowest BCUT2D eigenvalue weighted by Crippen LogP contribution is -2.52. The van der Waals surface area contributed by atoms with Gasteiger partial charge in [0.25, 0.3) is 0 Å². The lowest BCUT2D eigenvalue weighted by Gasteiger charge is -2.35. The van der Waals surface area contributed by atoms with E-state index in [1.54, 1.807) is 0 Å². The molecule has 22 heavy (non-hydrogen) atoms. The molecule has 0 aromatic heterocycles. The zero-order valence-electron chi connectivity index (χ0n) is 13.1. The second-order valence-electron chi connectivity index (χ2n) is 5.82. The van der Waals surface area contributed by atoms with Crippen molar-refractivity contribution in [3.63, 3.8) is 0 Å². The van der Waals surface area contributed by atoms with Crippen LogP contribution in [0.4, 0.5) is 0 Å². The Kier molecular flexibility index (Phi) is 10.00. The van der Waals surface area contributed by atoms with E-state index in [2.05, 4.69) is 10.2 Å². The van der Waals surface area contributed by atoms with E-state index in [1.807, 2.05) is 11.8 Å². The van der Waals surface area contributed by atoms with Crippen LogP contribution < -0.4 is 11.1 Å². The van der Waals surface area contributed by atoms with Crippen molar-refractivity contribution in [1.29, 1.82) is 0 Å². The molecule has 2 aliphatic rings. The van der Waals surface area contributed by atoms with Gasteiger partial charge in [0.2, 0.25) is 11.8 Å². The van der Waals surface area contributed by atoms with Crippen LogP contribution in [0.5, 0.6) is 0 Å². The molecule has 2 unspecified atom stereocenters. The van der Waals surface area contributed by atoms with E-state index in [-0.39, 0.29) is 48.6 Å². The molecule has 1 heterocycles. The van der Waals surface area contributed by atoms with Crippen LogP contribution in [0.3, 0.4) is 0 Å². The van der Waals surface area contributed by atoms with Crippen molar-refractivity contribution in [3.05, 3.63) is 0 Å². The summed E-state index contributed by atoms with van der Waals surface area (Å²) in [5.74, 6) is 0.449. The summed E-state index contributed by atoms with van der Waals surface area (Å²) < 4.78 is 0. The fourth-order valence-corrected chi connectivity index (χ4v) is 3.08. The van der Waals surface area contributed by atoms with Gasteiger partial charge in [-0.25, -0.2) is 0 Å². The molecule has 0 aromatic rings. The predicted molar refractivity (Wildman–Crippen MR) is 91.5 cm³/mol. The van der Waals surface area contributed by atoms with Crippen LogP contribution in [0, 0.1) is 5.92 Å². The van der Waals surface area contributed by atoms with Gasteiger partial charge < -0.3 is 16.0 Å². The number of nitrogens with one attached hydrogen (secondary N) is 1. The van der Waals surface area contributed by atoms with Crippen molar-refractivity contribution in [2.45, 2.75) is 32.2 Å². The quantitative estimate of drug-likeness (QED) is 0.757. The highest BCUT2D eigenvalue weighted by atomic mass is 35.5. The number of amides is 2. The Morgan fingerprint density at radius 1 is 1.14 bits per heavy atom. The molecule has 6 nitrogen and oxygen atoms in total. The Labute approximate surface area is 145 Å². The summed E-state index contributed by atoms with van der Waals surface area (Å²) in [7, 11) is 0. The third kappa shape index (κ3) is 5.91. The molecule has 2 atom stereocenters. The van der Waals surface area contributed by atoms with Gasteiger partial charge in [0.15, 0.2) is 0 Å². The van der Waals surface area contributed by atoms with Crippen molar-refractivity contribution in [3.8, 4) is 0 Å². The highest BCUT2D eigenvalue weighted by Crippen LogP contribution is 2.26. The predicted octanol–water partition coefficient (Wildman–Crippen LogP) is 0.238. The largest absolute Gasteiger partial charge is 0.355 e. The van der Waals surface area contributed by atoms with Crippen molar-refractivity contribution in [2.24, 2.45) is 11.7 Å². The molecular formula is C14H28Cl2N4O2. The topological polar surface area (TPSA) is 78.7 Å². The van der Waals surface area contributed by atoms with E-state index in [4.69, 9.17) is 5.73 Å². The molecule has 8 heteroatoms. The Morgan fingerprint density at radius 3 is 2.27 bits per heavy atom. The molecular weight excluding hydrogens is 327 g/mol. The summed E-state index contributed by atoms with van der Waals surface area (Å²) in [5.41, 5.74) is 5.87.